The number of unbranched alkanes of at least 4 members (excludes halogenated alkanes) is 22. The largest absolute Gasteiger partial charge is 0.756 e. The third kappa shape index (κ3) is 43.6. The van der Waals surface area contributed by atoms with Gasteiger partial charge in [-0.05, 0) is 44.9 Å². The molecule has 0 aliphatic carbocycles. The Morgan fingerprint density at radius 3 is 1.49 bits per heavy atom. The van der Waals surface area contributed by atoms with Crippen molar-refractivity contribution in [3.8, 4) is 0 Å². The summed E-state index contributed by atoms with van der Waals surface area (Å²) < 4.78 is 33.9. The van der Waals surface area contributed by atoms with Crippen LogP contribution in [0.4, 0.5) is 0 Å². The number of phosphoric acid groups is 1. The van der Waals surface area contributed by atoms with Crippen molar-refractivity contribution >= 4 is 19.8 Å². The highest BCUT2D eigenvalue weighted by molar-refractivity contribution is 7.45. The third-order valence-corrected chi connectivity index (χ3v) is 10.9. The Balaban J connectivity index is 4.32. The minimum absolute atomic E-state index is 0.0329. The van der Waals surface area contributed by atoms with Crippen molar-refractivity contribution in [1.82, 2.24) is 0 Å². The van der Waals surface area contributed by atoms with Crippen LogP contribution < -0.4 is 4.89 Å². The lowest BCUT2D eigenvalue weighted by molar-refractivity contribution is -0.870. The number of quaternary nitrogens is 1. The highest BCUT2D eigenvalue weighted by Crippen LogP contribution is 2.38. The number of esters is 2. The molecule has 0 amide bonds. The Morgan fingerprint density at radius 2 is 1.00 bits per heavy atom. The molecule has 0 aromatic rings. The standard InChI is InChI=1S/C47H88NO8P/c1-6-8-10-12-14-16-18-20-22-23-24-26-28-30-32-34-36-38-40-47(50)56-45(44-55-57(51,52)54-42-41-48(3,4)5)43-53-46(49)39-37-35-33-31-29-27-25-21-19-17-15-13-11-9-7-2/h9,11,15,17,21,25,45H,6-8,10,12-14,16,18-20,22-24,26-44H2,1-5H3/b11-9-,17-15-,25-21-/t45-/m1/s1. The van der Waals surface area contributed by atoms with Crippen LogP contribution >= 0.6 is 7.82 Å². The molecule has 0 aliphatic rings. The second-order valence-corrected chi connectivity index (χ2v) is 18.2. The van der Waals surface area contributed by atoms with E-state index < -0.39 is 32.5 Å². The summed E-state index contributed by atoms with van der Waals surface area (Å²) in [6, 6.07) is 0. The van der Waals surface area contributed by atoms with Crippen LogP contribution in [0.5, 0.6) is 0 Å². The summed E-state index contributed by atoms with van der Waals surface area (Å²) in [7, 11) is 1.16. The summed E-state index contributed by atoms with van der Waals surface area (Å²) in [5.74, 6) is -0.848. The second-order valence-electron chi connectivity index (χ2n) is 16.7. The van der Waals surface area contributed by atoms with Gasteiger partial charge < -0.3 is 27.9 Å². The molecule has 0 spiro atoms. The summed E-state index contributed by atoms with van der Waals surface area (Å²) in [6.45, 7) is 4.11. The first kappa shape index (κ1) is 55.2. The molecule has 0 bridgehead atoms. The molecule has 2 atom stereocenters. The van der Waals surface area contributed by atoms with E-state index in [1.165, 1.54) is 96.3 Å². The fourth-order valence-corrected chi connectivity index (χ4v) is 7.05. The Kier molecular flexibility index (Phi) is 38.4. The van der Waals surface area contributed by atoms with Gasteiger partial charge in [0.25, 0.3) is 7.82 Å². The summed E-state index contributed by atoms with van der Waals surface area (Å²) in [5, 5.41) is 0. The van der Waals surface area contributed by atoms with Crippen molar-refractivity contribution in [3.63, 3.8) is 0 Å². The summed E-state index contributed by atoms with van der Waals surface area (Å²) in [4.78, 5) is 37.6. The average molecular weight is 826 g/mol. The molecule has 0 heterocycles. The highest BCUT2D eigenvalue weighted by atomic mass is 31.2. The van der Waals surface area contributed by atoms with Crippen LogP contribution in [0, 0.1) is 0 Å². The zero-order chi connectivity index (χ0) is 42.1. The number of rotatable bonds is 42. The van der Waals surface area contributed by atoms with Crippen LogP contribution in [0.2, 0.25) is 0 Å². The van der Waals surface area contributed by atoms with Crippen LogP contribution in [0.1, 0.15) is 200 Å². The molecule has 0 saturated carbocycles. The van der Waals surface area contributed by atoms with Crippen molar-refractivity contribution in [1.29, 1.82) is 0 Å². The highest BCUT2D eigenvalue weighted by Gasteiger charge is 2.21. The maximum Gasteiger partial charge on any atom is 0.306 e. The van der Waals surface area contributed by atoms with Gasteiger partial charge in [-0.1, -0.05) is 179 Å². The van der Waals surface area contributed by atoms with Crippen LogP contribution in [0.25, 0.3) is 0 Å². The number of nitrogens with zero attached hydrogens (tertiary/aromatic N) is 1. The van der Waals surface area contributed by atoms with Gasteiger partial charge in [-0.2, -0.15) is 0 Å². The van der Waals surface area contributed by atoms with Gasteiger partial charge in [-0.3, -0.25) is 14.2 Å². The van der Waals surface area contributed by atoms with E-state index in [4.69, 9.17) is 18.5 Å². The molecule has 0 aromatic heterocycles. The van der Waals surface area contributed by atoms with Gasteiger partial charge in [0.15, 0.2) is 6.10 Å². The SMILES string of the molecule is CC/C=C\C/C=C\C/C=C\CCCCCCCC(=O)OC[C@H](COP(=O)([O-])OCC[N+](C)(C)C)OC(=O)CCCCCCCCCCCCCCCCCCCC. The van der Waals surface area contributed by atoms with Gasteiger partial charge in [-0.25, -0.2) is 0 Å². The van der Waals surface area contributed by atoms with E-state index in [-0.39, 0.29) is 26.1 Å². The van der Waals surface area contributed by atoms with E-state index in [1.807, 2.05) is 21.1 Å². The number of carbonyl (C=O) groups excluding carboxylic acids is 2. The molecule has 0 N–H and O–H groups in total. The Bertz CT molecular complexity index is 1070. The smallest absolute Gasteiger partial charge is 0.306 e. The van der Waals surface area contributed by atoms with Gasteiger partial charge in [0, 0.05) is 12.8 Å². The van der Waals surface area contributed by atoms with Crippen molar-refractivity contribution in [2.24, 2.45) is 0 Å². The Hall–Kier alpha value is -1.77. The van der Waals surface area contributed by atoms with Crippen molar-refractivity contribution in [2.45, 2.75) is 206 Å². The number of hydrogen-bond acceptors (Lipinski definition) is 8. The number of phosphoric ester groups is 1. The van der Waals surface area contributed by atoms with Gasteiger partial charge in [-0.15, -0.1) is 0 Å². The topological polar surface area (TPSA) is 111 Å². The first-order valence-electron chi connectivity index (χ1n) is 23.2. The molecule has 0 aliphatic heterocycles. The Labute approximate surface area is 351 Å². The van der Waals surface area contributed by atoms with Gasteiger partial charge in [0.05, 0.1) is 27.7 Å². The minimum atomic E-state index is -4.63. The predicted molar refractivity (Wildman–Crippen MR) is 236 cm³/mol. The first-order valence-corrected chi connectivity index (χ1v) is 24.7. The number of hydrogen-bond donors (Lipinski definition) is 0. The fraction of sp³-hybridized carbons (Fsp3) is 0.830. The average Bonchev–Trinajstić information content (AvgIpc) is 3.16. The normalized spacial score (nSPS) is 13.9. The van der Waals surface area contributed by atoms with Crippen LogP contribution in [0.3, 0.4) is 0 Å². The molecule has 0 saturated heterocycles. The minimum Gasteiger partial charge on any atom is -0.756 e. The van der Waals surface area contributed by atoms with Crippen molar-refractivity contribution in [3.05, 3.63) is 36.5 Å². The van der Waals surface area contributed by atoms with Crippen LogP contribution in [-0.2, 0) is 32.7 Å². The lowest BCUT2D eigenvalue weighted by Crippen LogP contribution is -2.37. The predicted octanol–water partition coefficient (Wildman–Crippen LogP) is 12.7. The number of carbonyl (C=O) groups is 2. The molecule has 1 unspecified atom stereocenters. The Morgan fingerprint density at radius 1 is 0.561 bits per heavy atom. The van der Waals surface area contributed by atoms with E-state index in [9.17, 15) is 19.0 Å². The quantitative estimate of drug-likeness (QED) is 0.0197. The molecule has 10 heteroatoms. The van der Waals surface area contributed by atoms with E-state index >= 15 is 0 Å². The number of allylic oxidation sites excluding steroid dienone is 6. The fourth-order valence-electron chi connectivity index (χ4n) is 6.32. The van der Waals surface area contributed by atoms with Gasteiger partial charge in [0.1, 0.15) is 19.8 Å². The second kappa shape index (κ2) is 39.7. The molecule has 0 fully saturated rings. The summed E-state index contributed by atoms with van der Waals surface area (Å²) >= 11 is 0. The maximum absolute atomic E-state index is 12.7. The first-order chi connectivity index (χ1) is 27.5. The van der Waals surface area contributed by atoms with E-state index in [2.05, 4.69) is 50.3 Å². The summed E-state index contributed by atoms with van der Waals surface area (Å²) in [5.41, 5.74) is 0. The number of ether oxygens (including phenoxy) is 2. The lowest BCUT2D eigenvalue weighted by atomic mass is 10.0. The third-order valence-electron chi connectivity index (χ3n) is 9.92. The zero-order valence-corrected chi connectivity index (χ0v) is 38.4. The van der Waals surface area contributed by atoms with Gasteiger partial charge >= 0.3 is 11.9 Å². The van der Waals surface area contributed by atoms with E-state index in [0.29, 0.717) is 23.9 Å². The molecule has 9 nitrogen and oxygen atoms in total. The van der Waals surface area contributed by atoms with Gasteiger partial charge in [0.2, 0.25) is 0 Å². The zero-order valence-electron chi connectivity index (χ0n) is 37.5. The van der Waals surface area contributed by atoms with E-state index in [0.717, 1.165) is 64.2 Å². The maximum atomic E-state index is 12.7. The number of likely N-dealkylation sites (N-methyl/N-ethyl adjacent to an activating group) is 1. The molecule has 57 heavy (non-hydrogen) atoms. The monoisotopic (exact) mass is 826 g/mol. The van der Waals surface area contributed by atoms with Crippen LogP contribution in [0.15, 0.2) is 36.5 Å². The molecule has 0 aromatic carbocycles. The van der Waals surface area contributed by atoms with E-state index in [1.54, 1.807) is 0 Å². The molecular formula is C47H88NO8P. The molecular weight excluding hydrogens is 737 g/mol. The van der Waals surface area contributed by atoms with Crippen LogP contribution in [-0.4, -0.2) is 70.0 Å². The molecule has 0 rings (SSSR count). The molecule has 0 radical (unpaired) electrons. The van der Waals surface area contributed by atoms with Crippen molar-refractivity contribution in [2.75, 3.05) is 47.5 Å². The van der Waals surface area contributed by atoms with Crippen molar-refractivity contribution < 1.29 is 42.1 Å². The lowest BCUT2D eigenvalue weighted by Gasteiger charge is -2.28. The summed E-state index contributed by atoms with van der Waals surface area (Å²) in [6.07, 6.45) is 44.5. The molecule has 334 valence electrons.